The number of nitrogens with zero attached hydrogens (tertiary/aromatic N) is 1. The Balaban J connectivity index is 1.75. The van der Waals surface area contributed by atoms with E-state index in [1.54, 1.807) is 0 Å². The molecule has 0 unspecified atom stereocenters. The van der Waals surface area contributed by atoms with Gasteiger partial charge >= 0.3 is 0 Å². The molecule has 0 saturated carbocycles. The van der Waals surface area contributed by atoms with E-state index in [1.807, 2.05) is 0 Å². The molecule has 5 rings (SSSR count). The van der Waals surface area contributed by atoms with Crippen LogP contribution in [0, 0.1) is 20.8 Å². The summed E-state index contributed by atoms with van der Waals surface area (Å²) in [6.07, 6.45) is 6.63. The minimum atomic E-state index is 0.797. The van der Waals surface area contributed by atoms with Crippen LogP contribution in [-0.4, -0.2) is 6.54 Å². The van der Waals surface area contributed by atoms with Crippen molar-refractivity contribution < 1.29 is 0 Å². The number of benzene rings is 5. The van der Waals surface area contributed by atoms with Crippen molar-refractivity contribution in [2.75, 3.05) is 11.4 Å². The van der Waals surface area contributed by atoms with Crippen molar-refractivity contribution in [1.82, 2.24) is 0 Å². The molecule has 0 saturated heterocycles. The quantitative estimate of drug-likeness (QED) is 0.218. The normalized spacial score (nSPS) is 12.1. The Bertz CT molecular complexity index is 1630. The maximum Gasteiger partial charge on any atom is 0.0523 e. The van der Waals surface area contributed by atoms with Crippen LogP contribution in [0.1, 0.15) is 30.5 Å². The summed E-state index contributed by atoms with van der Waals surface area (Å²) in [6.45, 7) is 11.6. The fourth-order valence-corrected chi connectivity index (χ4v) is 5.25. The maximum absolute atomic E-state index is 2.45. The van der Waals surface area contributed by atoms with E-state index in [9.17, 15) is 0 Å². The van der Waals surface area contributed by atoms with Crippen LogP contribution in [0.2, 0.25) is 0 Å². The molecule has 1 heteroatoms. The second-order valence-corrected chi connectivity index (χ2v) is 10.1. The third-order valence-electron chi connectivity index (χ3n) is 7.24. The Morgan fingerprint density at radius 1 is 0.703 bits per heavy atom. The van der Waals surface area contributed by atoms with Gasteiger partial charge in [0.25, 0.3) is 0 Å². The van der Waals surface area contributed by atoms with Crippen molar-refractivity contribution in [2.24, 2.45) is 0 Å². The predicted octanol–water partition coefficient (Wildman–Crippen LogP) is 10.2. The zero-order chi connectivity index (χ0) is 25.9. The molecular formula is C36H35N. The average molecular weight is 482 g/mol. The van der Waals surface area contributed by atoms with Gasteiger partial charge in [0.1, 0.15) is 0 Å². The summed E-state index contributed by atoms with van der Waals surface area (Å²) < 4.78 is 0. The third-order valence-corrected chi connectivity index (χ3v) is 7.24. The highest BCUT2D eigenvalue weighted by atomic mass is 15.1. The highest BCUT2D eigenvalue weighted by molar-refractivity contribution is 6.10. The average Bonchev–Trinajstić information content (AvgIpc) is 2.91. The molecule has 0 amide bonds. The summed E-state index contributed by atoms with van der Waals surface area (Å²) in [5.74, 6) is 0. The molecule has 0 bridgehead atoms. The fourth-order valence-electron chi connectivity index (χ4n) is 5.25. The highest BCUT2D eigenvalue weighted by Crippen LogP contribution is 2.42. The standard InChI is InChI=1S/C36H35N/c1-6-25(2)12-11-21-37(30-19-17-26(3)18-20-30)36-28(5)24-35(32-15-9-10-16-33(32)36)34-23-27(4)22-29-13-7-8-14-31(29)34/h6-20,22-24H,21H2,1-5H3/b12-11-,25-6-. The van der Waals surface area contributed by atoms with Crippen LogP contribution >= 0.6 is 0 Å². The molecule has 5 aromatic carbocycles. The molecule has 0 radical (unpaired) electrons. The summed E-state index contributed by atoms with van der Waals surface area (Å²) in [5.41, 5.74) is 10.2. The highest BCUT2D eigenvalue weighted by Gasteiger charge is 2.18. The lowest BCUT2D eigenvalue weighted by molar-refractivity contribution is 1.09. The Hall–Kier alpha value is -4.10. The van der Waals surface area contributed by atoms with Crippen LogP contribution in [0.5, 0.6) is 0 Å². The summed E-state index contributed by atoms with van der Waals surface area (Å²) in [4.78, 5) is 2.45. The molecule has 5 aromatic rings. The minimum absolute atomic E-state index is 0.797. The van der Waals surface area contributed by atoms with Crippen molar-refractivity contribution in [2.45, 2.75) is 34.6 Å². The molecule has 0 aliphatic carbocycles. The SMILES string of the molecule is C/C=C(C)\C=C/CN(c1ccc(C)cc1)c1c(C)cc(-c2cc(C)cc3ccccc23)c2ccccc12. The lowest BCUT2D eigenvalue weighted by atomic mass is 9.90. The number of anilines is 2. The van der Waals surface area contributed by atoms with Gasteiger partial charge in [-0.15, -0.1) is 0 Å². The van der Waals surface area contributed by atoms with Gasteiger partial charge in [0.2, 0.25) is 0 Å². The molecule has 184 valence electrons. The van der Waals surface area contributed by atoms with Crippen molar-refractivity contribution in [3.05, 3.63) is 131 Å². The number of rotatable bonds is 6. The Kier molecular flexibility index (Phi) is 6.97. The molecule has 0 spiro atoms. The molecule has 0 fully saturated rings. The molecule has 0 aromatic heterocycles. The number of fused-ring (bicyclic) bond motifs is 2. The van der Waals surface area contributed by atoms with Gasteiger partial charge in [-0.2, -0.15) is 0 Å². The predicted molar refractivity (Wildman–Crippen MR) is 163 cm³/mol. The lowest BCUT2D eigenvalue weighted by Crippen LogP contribution is -2.18. The molecule has 0 atom stereocenters. The van der Waals surface area contributed by atoms with Crippen LogP contribution in [0.3, 0.4) is 0 Å². The zero-order valence-corrected chi connectivity index (χ0v) is 22.5. The van der Waals surface area contributed by atoms with Crippen LogP contribution in [0.4, 0.5) is 11.4 Å². The lowest BCUT2D eigenvalue weighted by Gasteiger charge is -2.28. The van der Waals surface area contributed by atoms with Crippen LogP contribution in [-0.2, 0) is 0 Å². The number of hydrogen-bond acceptors (Lipinski definition) is 1. The van der Waals surface area contributed by atoms with Crippen molar-refractivity contribution >= 4 is 32.9 Å². The van der Waals surface area contributed by atoms with Gasteiger partial charge in [-0.25, -0.2) is 0 Å². The first kappa shape index (κ1) is 24.6. The second kappa shape index (κ2) is 10.5. The Labute approximate surface area is 221 Å². The zero-order valence-electron chi connectivity index (χ0n) is 22.5. The van der Waals surface area contributed by atoms with Crippen molar-refractivity contribution in [3.8, 4) is 11.1 Å². The van der Waals surface area contributed by atoms with E-state index in [-0.39, 0.29) is 0 Å². The van der Waals surface area contributed by atoms with Crippen LogP contribution in [0.15, 0.2) is 115 Å². The van der Waals surface area contributed by atoms with E-state index in [0.29, 0.717) is 0 Å². The van der Waals surface area contributed by atoms with Crippen LogP contribution < -0.4 is 4.90 Å². The van der Waals surface area contributed by atoms with Gasteiger partial charge in [0.15, 0.2) is 0 Å². The van der Waals surface area contributed by atoms with Crippen molar-refractivity contribution in [1.29, 1.82) is 0 Å². The largest absolute Gasteiger partial charge is 0.337 e. The van der Waals surface area contributed by atoms with Gasteiger partial charge in [-0.05, 0) is 91.2 Å². The van der Waals surface area contributed by atoms with E-state index in [4.69, 9.17) is 0 Å². The topological polar surface area (TPSA) is 3.24 Å². The monoisotopic (exact) mass is 481 g/mol. The van der Waals surface area contributed by atoms with E-state index in [1.165, 1.54) is 66.3 Å². The fraction of sp³-hybridized carbons (Fsp3) is 0.167. The van der Waals surface area contributed by atoms with Gasteiger partial charge < -0.3 is 4.90 Å². The smallest absolute Gasteiger partial charge is 0.0523 e. The molecule has 0 N–H and O–H groups in total. The Morgan fingerprint density at radius 3 is 2.08 bits per heavy atom. The molecule has 37 heavy (non-hydrogen) atoms. The molecule has 0 aliphatic rings. The van der Waals surface area contributed by atoms with E-state index >= 15 is 0 Å². The second-order valence-electron chi connectivity index (χ2n) is 10.1. The first-order chi connectivity index (χ1) is 18.0. The third kappa shape index (κ3) is 4.95. The summed E-state index contributed by atoms with van der Waals surface area (Å²) >= 11 is 0. The van der Waals surface area contributed by atoms with E-state index in [0.717, 1.165) is 6.54 Å². The summed E-state index contributed by atoms with van der Waals surface area (Å²) in [6, 6.07) is 33.5. The molecular weight excluding hydrogens is 446 g/mol. The van der Waals surface area contributed by atoms with Gasteiger partial charge in [-0.3, -0.25) is 0 Å². The van der Waals surface area contributed by atoms with Gasteiger partial charge in [-0.1, -0.05) is 102 Å². The number of aryl methyl sites for hydroxylation is 3. The number of allylic oxidation sites excluding steroid dienone is 3. The molecule has 1 nitrogen and oxygen atoms in total. The maximum atomic E-state index is 2.45. The van der Waals surface area contributed by atoms with E-state index < -0.39 is 0 Å². The first-order valence-corrected chi connectivity index (χ1v) is 13.1. The van der Waals surface area contributed by atoms with Crippen LogP contribution in [0.25, 0.3) is 32.7 Å². The minimum Gasteiger partial charge on any atom is -0.337 e. The summed E-state index contributed by atoms with van der Waals surface area (Å²) in [5, 5.41) is 5.14. The van der Waals surface area contributed by atoms with Crippen molar-refractivity contribution in [3.63, 3.8) is 0 Å². The van der Waals surface area contributed by atoms with Gasteiger partial charge in [0, 0.05) is 17.6 Å². The Morgan fingerprint density at radius 2 is 1.35 bits per heavy atom. The molecule has 0 aliphatic heterocycles. The van der Waals surface area contributed by atoms with Gasteiger partial charge in [0.05, 0.1) is 5.69 Å². The number of hydrogen-bond donors (Lipinski definition) is 0. The summed E-state index contributed by atoms with van der Waals surface area (Å²) in [7, 11) is 0. The first-order valence-electron chi connectivity index (χ1n) is 13.1. The van der Waals surface area contributed by atoms with E-state index in [2.05, 4.69) is 149 Å². The molecule has 0 heterocycles.